The second-order valence-corrected chi connectivity index (χ2v) is 5.83. The van der Waals surface area contributed by atoms with Crippen LogP contribution in [0.15, 0.2) is 71.5 Å². The van der Waals surface area contributed by atoms with Crippen LogP contribution in [0.5, 0.6) is 0 Å². The zero-order valence-electron chi connectivity index (χ0n) is 14.9. The van der Waals surface area contributed by atoms with E-state index in [-0.39, 0.29) is 0 Å². The maximum absolute atomic E-state index is 4.25. The normalized spacial score (nSPS) is 13.3. The molecule has 0 spiro atoms. The van der Waals surface area contributed by atoms with Gasteiger partial charge in [0, 0.05) is 19.3 Å². The number of hydrogen-bond acceptors (Lipinski definition) is 1. The van der Waals surface area contributed by atoms with Gasteiger partial charge in [-0.2, -0.15) is 0 Å². The minimum Gasteiger partial charge on any atom is -0.371 e. The summed E-state index contributed by atoms with van der Waals surface area (Å²) < 4.78 is 0. The number of allylic oxidation sites excluding steroid dienone is 6. The second kappa shape index (κ2) is 8.43. The zero-order chi connectivity index (χ0) is 16.7. The van der Waals surface area contributed by atoms with Gasteiger partial charge in [0.1, 0.15) is 0 Å². The van der Waals surface area contributed by atoms with Crippen molar-refractivity contribution in [1.82, 2.24) is 4.90 Å². The highest BCUT2D eigenvalue weighted by atomic mass is 15.1. The molecule has 118 valence electrons. The van der Waals surface area contributed by atoms with Crippen molar-refractivity contribution in [2.75, 3.05) is 7.05 Å². The van der Waals surface area contributed by atoms with Gasteiger partial charge in [-0.1, -0.05) is 54.6 Å². The summed E-state index contributed by atoms with van der Waals surface area (Å²) in [6, 6.07) is 8.67. The van der Waals surface area contributed by atoms with E-state index >= 15 is 0 Å². The Hall–Kier alpha value is -2.02. The Morgan fingerprint density at radius 2 is 1.64 bits per heavy atom. The summed E-state index contributed by atoms with van der Waals surface area (Å²) in [6.07, 6.45) is 6.49. The molecule has 0 amide bonds. The number of rotatable bonds is 6. The minimum atomic E-state index is 0.873. The van der Waals surface area contributed by atoms with Gasteiger partial charge in [-0.25, -0.2) is 0 Å². The fraction of sp³-hybridized carbons (Fsp3) is 0.333. The Kier molecular flexibility index (Phi) is 6.91. The Balaban J connectivity index is 2.83. The Labute approximate surface area is 136 Å². The molecule has 1 rings (SSSR count). The predicted octanol–water partition coefficient (Wildman–Crippen LogP) is 5.80. The van der Waals surface area contributed by atoms with Gasteiger partial charge < -0.3 is 4.90 Å². The van der Waals surface area contributed by atoms with E-state index in [2.05, 4.69) is 95.6 Å². The van der Waals surface area contributed by atoms with Crippen LogP contribution in [0.1, 0.15) is 38.8 Å². The molecule has 1 aromatic rings. The van der Waals surface area contributed by atoms with Crippen molar-refractivity contribution in [3.05, 3.63) is 82.6 Å². The molecule has 1 nitrogen and oxygen atoms in total. The van der Waals surface area contributed by atoms with Crippen LogP contribution in [-0.2, 0) is 6.54 Å². The summed E-state index contributed by atoms with van der Waals surface area (Å²) in [5.41, 5.74) is 7.40. The van der Waals surface area contributed by atoms with Crippen molar-refractivity contribution in [1.29, 1.82) is 0 Å². The third-order valence-electron chi connectivity index (χ3n) is 4.03. The molecule has 0 aliphatic rings. The SMILES string of the molecule is C=C(/C(C)=C/C(=C/C)C(/C)=C\C)N(C)Cc1ccc(C)cc1. The number of hydrogen-bond donors (Lipinski definition) is 0. The summed E-state index contributed by atoms with van der Waals surface area (Å²) in [4.78, 5) is 2.20. The van der Waals surface area contributed by atoms with Crippen LogP contribution >= 0.6 is 0 Å². The van der Waals surface area contributed by atoms with E-state index in [1.807, 2.05) is 0 Å². The Bertz CT molecular complexity index is 597. The smallest absolute Gasteiger partial charge is 0.0426 e. The molecule has 22 heavy (non-hydrogen) atoms. The van der Waals surface area contributed by atoms with Gasteiger partial charge in [-0.3, -0.25) is 0 Å². The molecular weight excluding hydrogens is 266 g/mol. The van der Waals surface area contributed by atoms with E-state index in [9.17, 15) is 0 Å². The number of benzene rings is 1. The van der Waals surface area contributed by atoms with E-state index in [1.54, 1.807) is 0 Å². The van der Waals surface area contributed by atoms with Crippen molar-refractivity contribution < 1.29 is 0 Å². The average Bonchev–Trinajstić information content (AvgIpc) is 2.52. The van der Waals surface area contributed by atoms with Crippen LogP contribution in [0.4, 0.5) is 0 Å². The molecule has 0 bridgehead atoms. The van der Waals surface area contributed by atoms with Gasteiger partial charge in [0.2, 0.25) is 0 Å². The molecule has 0 aliphatic carbocycles. The lowest BCUT2D eigenvalue weighted by atomic mass is 10.0. The molecule has 0 saturated carbocycles. The molecular formula is C21H29N. The van der Waals surface area contributed by atoms with Gasteiger partial charge in [0.25, 0.3) is 0 Å². The molecule has 0 radical (unpaired) electrons. The summed E-state index contributed by atoms with van der Waals surface area (Å²) in [5.74, 6) is 0. The van der Waals surface area contributed by atoms with Crippen LogP contribution in [0.3, 0.4) is 0 Å². The fourth-order valence-corrected chi connectivity index (χ4v) is 2.27. The maximum atomic E-state index is 4.25. The molecule has 1 heteroatoms. The van der Waals surface area contributed by atoms with Gasteiger partial charge in [-0.05, 0) is 56.9 Å². The minimum absolute atomic E-state index is 0.873. The third kappa shape index (κ3) is 5.07. The summed E-state index contributed by atoms with van der Waals surface area (Å²) in [7, 11) is 2.09. The lowest BCUT2D eigenvalue weighted by Gasteiger charge is -2.23. The van der Waals surface area contributed by atoms with Crippen molar-refractivity contribution in [3.63, 3.8) is 0 Å². The molecule has 0 atom stereocenters. The zero-order valence-corrected chi connectivity index (χ0v) is 14.9. The van der Waals surface area contributed by atoms with Crippen molar-refractivity contribution in [3.8, 4) is 0 Å². The Morgan fingerprint density at radius 1 is 1.05 bits per heavy atom. The molecule has 0 aliphatic heterocycles. The Morgan fingerprint density at radius 3 is 2.14 bits per heavy atom. The van der Waals surface area contributed by atoms with Crippen molar-refractivity contribution in [2.45, 2.75) is 41.2 Å². The summed E-state index contributed by atoms with van der Waals surface area (Å²) >= 11 is 0. The van der Waals surface area contributed by atoms with E-state index < -0.39 is 0 Å². The van der Waals surface area contributed by atoms with E-state index in [0.717, 1.165) is 12.2 Å². The molecule has 1 aromatic carbocycles. The lowest BCUT2D eigenvalue weighted by molar-refractivity contribution is 0.420. The lowest BCUT2D eigenvalue weighted by Crippen LogP contribution is -2.17. The van der Waals surface area contributed by atoms with Gasteiger partial charge in [0.05, 0.1) is 0 Å². The first-order valence-corrected chi connectivity index (χ1v) is 7.82. The van der Waals surface area contributed by atoms with Crippen LogP contribution in [0.2, 0.25) is 0 Å². The van der Waals surface area contributed by atoms with Crippen LogP contribution < -0.4 is 0 Å². The molecule has 0 saturated heterocycles. The highest BCUT2D eigenvalue weighted by Gasteiger charge is 2.06. The summed E-state index contributed by atoms with van der Waals surface area (Å²) in [6.45, 7) is 15.6. The number of nitrogens with zero attached hydrogens (tertiary/aromatic N) is 1. The van der Waals surface area contributed by atoms with Gasteiger partial charge >= 0.3 is 0 Å². The average molecular weight is 295 g/mol. The van der Waals surface area contributed by atoms with Crippen LogP contribution in [0.25, 0.3) is 0 Å². The molecule has 0 heterocycles. The monoisotopic (exact) mass is 295 g/mol. The standard InChI is InChI=1S/C21H29N/c1-8-17(4)21(9-2)14-18(5)19(6)22(7)15-20-12-10-16(3)11-13-20/h8-14H,6,15H2,1-5,7H3/b17-8-,18-14+,21-9-. The first-order chi connectivity index (χ1) is 10.4. The van der Waals surface area contributed by atoms with E-state index in [1.165, 1.54) is 27.8 Å². The fourth-order valence-electron chi connectivity index (χ4n) is 2.27. The first-order valence-electron chi connectivity index (χ1n) is 7.82. The van der Waals surface area contributed by atoms with Gasteiger partial charge in [-0.15, -0.1) is 0 Å². The maximum Gasteiger partial charge on any atom is 0.0426 e. The largest absolute Gasteiger partial charge is 0.371 e. The third-order valence-corrected chi connectivity index (χ3v) is 4.03. The number of likely N-dealkylation sites (N-methyl/N-ethyl adjacent to an activating group) is 1. The molecule has 0 unspecified atom stereocenters. The first kappa shape index (κ1) is 18.0. The van der Waals surface area contributed by atoms with Gasteiger partial charge in [0.15, 0.2) is 0 Å². The molecule has 0 aromatic heterocycles. The number of aryl methyl sites for hydroxylation is 1. The highest BCUT2D eigenvalue weighted by molar-refractivity contribution is 5.43. The van der Waals surface area contributed by atoms with Crippen LogP contribution in [0, 0.1) is 6.92 Å². The predicted molar refractivity (Wildman–Crippen MR) is 98.7 cm³/mol. The second-order valence-electron chi connectivity index (χ2n) is 5.83. The topological polar surface area (TPSA) is 3.24 Å². The quantitative estimate of drug-likeness (QED) is 0.599. The van der Waals surface area contributed by atoms with Crippen LogP contribution in [-0.4, -0.2) is 11.9 Å². The highest BCUT2D eigenvalue weighted by Crippen LogP contribution is 2.19. The summed E-state index contributed by atoms with van der Waals surface area (Å²) in [5, 5.41) is 0. The van der Waals surface area contributed by atoms with Crippen molar-refractivity contribution >= 4 is 0 Å². The van der Waals surface area contributed by atoms with E-state index in [0.29, 0.717) is 0 Å². The van der Waals surface area contributed by atoms with Crippen molar-refractivity contribution in [2.24, 2.45) is 0 Å². The molecule has 0 fully saturated rings. The molecule has 0 N–H and O–H groups in total. The van der Waals surface area contributed by atoms with E-state index in [4.69, 9.17) is 0 Å².